The van der Waals surface area contributed by atoms with Gasteiger partial charge in [-0.2, -0.15) is 5.26 Å². The number of hydrogen-bond donors (Lipinski definition) is 1. The number of amides is 2. The van der Waals surface area contributed by atoms with Crippen LogP contribution < -0.4 is 19.5 Å². The molecule has 2 aromatic carbocycles. The maximum absolute atomic E-state index is 12.5. The van der Waals surface area contributed by atoms with Crippen LogP contribution in [0.5, 0.6) is 17.2 Å². The van der Waals surface area contributed by atoms with Crippen molar-refractivity contribution in [1.29, 1.82) is 5.26 Å². The van der Waals surface area contributed by atoms with E-state index in [1.165, 1.54) is 11.0 Å². The number of methoxy groups -OCH3 is 1. The van der Waals surface area contributed by atoms with Crippen molar-refractivity contribution in [3.8, 4) is 23.3 Å². The summed E-state index contributed by atoms with van der Waals surface area (Å²) >= 11 is 0. The highest BCUT2D eigenvalue weighted by Crippen LogP contribution is 2.29. The highest BCUT2D eigenvalue weighted by molar-refractivity contribution is 6.09. The summed E-state index contributed by atoms with van der Waals surface area (Å²) in [5.74, 6) is 0.745. The molecule has 0 bridgehead atoms. The predicted octanol–water partition coefficient (Wildman–Crippen LogP) is 3.11. The van der Waals surface area contributed by atoms with E-state index < -0.39 is 5.91 Å². The number of hydrogen-bond acceptors (Lipinski definition) is 6. The van der Waals surface area contributed by atoms with Crippen molar-refractivity contribution in [2.45, 2.75) is 6.92 Å². The van der Waals surface area contributed by atoms with Crippen LogP contribution in [-0.2, 0) is 9.59 Å². The first-order chi connectivity index (χ1) is 14.9. The van der Waals surface area contributed by atoms with E-state index in [1.807, 2.05) is 13.0 Å². The molecular formula is C23H25N3O5. The fourth-order valence-corrected chi connectivity index (χ4v) is 2.46. The molecule has 0 atom stereocenters. The molecule has 0 heterocycles. The molecular weight excluding hydrogens is 398 g/mol. The maximum Gasteiger partial charge on any atom is 0.266 e. The van der Waals surface area contributed by atoms with Crippen molar-refractivity contribution in [3.63, 3.8) is 0 Å². The van der Waals surface area contributed by atoms with E-state index in [0.717, 1.165) is 0 Å². The molecule has 2 aromatic rings. The molecule has 2 amide bonds. The number of nitriles is 1. The van der Waals surface area contributed by atoms with E-state index in [-0.39, 0.29) is 18.1 Å². The van der Waals surface area contributed by atoms with Gasteiger partial charge in [-0.05, 0) is 55.0 Å². The molecule has 0 saturated carbocycles. The zero-order valence-electron chi connectivity index (χ0n) is 18.0. The van der Waals surface area contributed by atoms with Crippen LogP contribution in [0.25, 0.3) is 6.08 Å². The molecule has 162 valence electrons. The fraction of sp³-hybridized carbons (Fsp3) is 0.261. The Kier molecular flexibility index (Phi) is 8.46. The minimum absolute atomic E-state index is 0.0743. The Morgan fingerprint density at radius 2 is 1.81 bits per heavy atom. The first-order valence-electron chi connectivity index (χ1n) is 9.55. The molecule has 0 aliphatic heterocycles. The Balaban J connectivity index is 2.19. The van der Waals surface area contributed by atoms with E-state index in [0.29, 0.717) is 35.1 Å². The van der Waals surface area contributed by atoms with Crippen LogP contribution in [0.3, 0.4) is 0 Å². The highest BCUT2D eigenvalue weighted by atomic mass is 16.5. The molecule has 8 nitrogen and oxygen atoms in total. The number of likely N-dealkylation sites (N-methyl/N-ethyl adjacent to an activating group) is 1. The summed E-state index contributed by atoms with van der Waals surface area (Å²) in [6.07, 6.45) is 1.45. The van der Waals surface area contributed by atoms with E-state index in [2.05, 4.69) is 5.32 Å². The lowest BCUT2D eigenvalue weighted by atomic mass is 10.1. The second-order valence-electron chi connectivity index (χ2n) is 6.57. The van der Waals surface area contributed by atoms with Crippen molar-refractivity contribution in [2.75, 3.05) is 39.7 Å². The van der Waals surface area contributed by atoms with E-state index >= 15 is 0 Å². The Hall–Kier alpha value is -3.99. The zero-order chi connectivity index (χ0) is 22.8. The first-order valence-corrected chi connectivity index (χ1v) is 9.55. The SMILES string of the molecule is CCOc1cc(/C=C(\C#N)C(=O)Nc2ccc(OC)cc2)ccc1OCC(=O)N(C)C. The standard InChI is InChI=1S/C23H25N3O5/c1-5-30-21-13-16(6-11-20(21)31-15-22(27)26(2)3)12-17(14-24)23(28)25-18-7-9-19(29-4)10-8-18/h6-13H,5,15H2,1-4H3,(H,25,28)/b17-12+. The average Bonchev–Trinajstić information content (AvgIpc) is 2.77. The minimum atomic E-state index is -0.539. The number of benzene rings is 2. The van der Waals surface area contributed by atoms with Crippen molar-refractivity contribution < 1.29 is 23.8 Å². The number of carbonyl (C=O) groups is 2. The average molecular weight is 423 g/mol. The molecule has 0 fully saturated rings. The molecule has 2 rings (SSSR count). The van der Waals surface area contributed by atoms with Crippen molar-refractivity contribution in [3.05, 3.63) is 53.6 Å². The summed E-state index contributed by atoms with van der Waals surface area (Å²) in [6.45, 7) is 2.07. The minimum Gasteiger partial charge on any atom is -0.497 e. The lowest BCUT2D eigenvalue weighted by Gasteiger charge is -2.14. The van der Waals surface area contributed by atoms with Crippen molar-refractivity contribution >= 4 is 23.6 Å². The molecule has 31 heavy (non-hydrogen) atoms. The molecule has 0 aliphatic rings. The summed E-state index contributed by atoms with van der Waals surface area (Å²) in [7, 11) is 4.84. The van der Waals surface area contributed by atoms with Gasteiger partial charge in [0.15, 0.2) is 18.1 Å². The molecule has 0 aliphatic carbocycles. The second-order valence-corrected chi connectivity index (χ2v) is 6.57. The number of nitrogens with zero attached hydrogens (tertiary/aromatic N) is 2. The van der Waals surface area contributed by atoms with Gasteiger partial charge >= 0.3 is 0 Å². The van der Waals surface area contributed by atoms with Gasteiger partial charge in [-0.1, -0.05) is 6.07 Å². The summed E-state index contributed by atoms with van der Waals surface area (Å²) < 4.78 is 16.2. The third-order valence-corrected chi connectivity index (χ3v) is 4.14. The zero-order valence-corrected chi connectivity index (χ0v) is 18.0. The van der Waals surface area contributed by atoms with Crippen LogP contribution in [-0.4, -0.2) is 51.1 Å². The van der Waals surface area contributed by atoms with Crippen LogP contribution in [0.1, 0.15) is 12.5 Å². The third-order valence-electron chi connectivity index (χ3n) is 4.14. The monoisotopic (exact) mass is 423 g/mol. The van der Waals surface area contributed by atoms with Crippen molar-refractivity contribution in [2.24, 2.45) is 0 Å². The second kappa shape index (κ2) is 11.3. The summed E-state index contributed by atoms with van der Waals surface area (Å²) in [5, 5.41) is 12.1. The molecule has 0 saturated heterocycles. The number of rotatable bonds is 9. The van der Waals surface area contributed by atoms with Gasteiger partial charge in [0.05, 0.1) is 13.7 Å². The highest BCUT2D eigenvalue weighted by Gasteiger charge is 2.13. The maximum atomic E-state index is 12.5. The van der Waals surface area contributed by atoms with Gasteiger partial charge in [0.2, 0.25) is 0 Å². The number of anilines is 1. The normalized spacial score (nSPS) is 10.6. The van der Waals surface area contributed by atoms with E-state index in [1.54, 1.807) is 63.7 Å². The number of carbonyl (C=O) groups excluding carboxylic acids is 2. The summed E-state index contributed by atoms with van der Waals surface area (Å²) in [5.41, 5.74) is 1.04. The fourth-order valence-electron chi connectivity index (χ4n) is 2.46. The van der Waals surface area contributed by atoms with Gasteiger partial charge in [-0.25, -0.2) is 0 Å². The molecule has 0 aromatic heterocycles. The quantitative estimate of drug-likeness (QED) is 0.491. The Morgan fingerprint density at radius 3 is 2.39 bits per heavy atom. The smallest absolute Gasteiger partial charge is 0.266 e. The topological polar surface area (TPSA) is 101 Å². The van der Waals surface area contributed by atoms with Crippen LogP contribution in [0.2, 0.25) is 0 Å². The summed E-state index contributed by atoms with van der Waals surface area (Å²) in [6, 6.07) is 13.7. The Bertz CT molecular complexity index is 991. The van der Waals surface area contributed by atoms with Gasteiger partial charge in [-0.3, -0.25) is 9.59 Å². The predicted molar refractivity (Wildman–Crippen MR) is 117 cm³/mol. The van der Waals surface area contributed by atoms with E-state index in [4.69, 9.17) is 14.2 Å². The molecule has 0 radical (unpaired) electrons. The molecule has 0 unspecified atom stereocenters. The first kappa shape index (κ1) is 23.3. The molecule has 0 spiro atoms. The van der Waals surface area contributed by atoms with Gasteiger partial charge < -0.3 is 24.4 Å². The third kappa shape index (κ3) is 6.78. The Morgan fingerprint density at radius 1 is 1.10 bits per heavy atom. The summed E-state index contributed by atoms with van der Waals surface area (Å²) in [4.78, 5) is 25.7. The largest absolute Gasteiger partial charge is 0.497 e. The van der Waals surface area contributed by atoms with Crippen LogP contribution in [0, 0.1) is 11.3 Å². The Labute approximate surface area is 181 Å². The van der Waals surface area contributed by atoms with Crippen LogP contribution >= 0.6 is 0 Å². The number of nitrogens with one attached hydrogen (secondary N) is 1. The lowest BCUT2D eigenvalue weighted by Crippen LogP contribution is -2.27. The van der Waals surface area contributed by atoms with Crippen LogP contribution in [0.15, 0.2) is 48.0 Å². The lowest BCUT2D eigenvalue weighted by molar-refractivity contribution is -0.130. The molecule has 8 heteroatoms. The molecule has 1 N–H and O–H groups in total. The van der Waals surface area contributed by atoms with Gasteiger partial charge in [0.25, 0.3) is 11.8 Å². The number of ether oxygens (including phenoxy) is 3. The van der Waals surface area contributed by atoms with E-state index in [9.17, 15) is 14.9 Å². The van der Waals surface area contributed by atoms with Crippen LogP contribution in [0.4, 0.5) is 5.69 Å². The van der Waals surface area contributed by atoms with Gasteiger partial charge in [0.1, 0.15) is 17.4 Å². The van der Waals surface area contributed by atoms with Gasteiger partial charge in [0, 0.05) is 19.8 Å². The van der Waals surface area contributed by atoms with Crippen molar-refractivity contribution in [1.82, 2.24) is 4.90 Å². The van der Waals surface area contributed by atoms with Gasteiger partial charge in [-0.15, -0.1) is 0 Å².